The summed E-state index contributed by atoms with van der Waals surface area (Å²) in [5.74, 6) is -0.525. The van der Waals surface area contributed by atoms with Crippen molar-refractivity contribution in [2.24, 2.45) is 10.2 Å². The number of benzene rings is 2. The second-order valence-corrected chi connectivity index (χ2v) is 7.00. The van der Waals surface area contributed by atoms with Crippen molar-refractivity contribution in [3.63, 3.8) is 0 Å². The highest BCUT2D eigenvalue weighted by molar-refractivity contribution is 6.31. The van der Waals surface area contributed by atoms with E-state index in [-0.39, 0.29) is 30.1 Å². The predicted molar refractivity (Wildman–Crippen MR) is 107 cm³/mol. The highest BCUT2D eigenvalue weighted by Crippen LogP contribution is 2.36. The molecule has 2 aromatic carbocycles. The van der Waals surface area contributed by atoms with Crippen LogP contribution in [-0.2, 0) is 11.2 Å². The van der Waals surface area contributed by atoms with Crippen molar-refractivity contribution in [3.05, 3.63) is 59.1 Å². The van der Waals surface area contributed by atoms with E-state index in [1.807, 2.05) is 30.1 Å². The van der Waals surface area contributed by atoms with Gasteiger partial charge in [0.2, 0.25) is 5.88 Å². The molecule has 0 aliphatic rings. The summed E-state index contributed by atoms with van der Waals surface area (Å²) in [4.78, 5) is 16.9. The lowest BCUT2D eigenvalue weighted by Crippen LogP contribution is -2.34. The molecule has 1 amide bonds. The summed E-state index contributed by atoms with van der Waals surface area (Å²) in [6.07, 6.45) is 0.837. The number of halogens is 1. The van der Waals surface area contributed by atoms with Gasteiger partial charge in [-0.3, -0.25) is 9.69 Å². The Balaban J connectivity index is 1.65. The van der Waals surface area contributed by atoms with Gasteiger partial charge in [-0.25, -0.2) is 0 Å². The number of nitrogens with zero attached hydrogens (tertiary/aromatic N) is 3. The molecule has 0 saturated carbocycles. The molecule has 7 heteroatoms. The van der Waals surface area contributed by atoms with Gasteiger partial charge in [-0.2, -0.15) is 0 Å². The monoisotopic (exact) mass is 384 g/mol. The lowest BCUT2D eigenvalue weighted by molar-refractivity contribution is -0.119. The molecule has 27 heavy (non-hydrogen) atoms. The second kappa shape index (κ2) is 8.33. The minimum atomic E-state index is -0.381. The minimum Gasteiger partial charge on any atom is -0.493 e. The number of carbonyl (C=O) groups excluding carboxylic acids is 1. The fraction of sp³-hybridized carbons (Fsp3) is 0.250. The lowest BCUT2D eigenvalue weighted by atomic mass is 10.1. The quantitative estimate of drug-likeness (QED) is 0.604. The van der Waals surface area contributed by atoms with E-state index in [1.165, 1.54) is 5.56 Å². The molecular weight excluding hydrogens is 364 g/mol. The molecule has 3 rings (SSSR count). The van der Waals surface area contributed by atoms with Crippen LogP contribution in [0.15, 0.2) is 58.8 Å². The number of fused-ring (bicyclic) bond motifs is 1. The number of azo groups is 1. The van der Waals surface area contributed by atoms with Gasteiger partial charge in [0.25, 0.3) is 5.91 Å². The molecule has 0 aliphatic heterocycles. The van der Waals surface area contributed by atoms with Crippen molar-refractivity contribution in [2.45, 2.75) is 19.4 Å². The van der Waals surface area contributed by atoms with Crippen molar-refractivity contribution < 1.29 is 9.90 Å². The number of hydrogen-bond acceptors (Lipinski definition) is 4. The summed E-state index contributed by atoms with van der Waals surface area (Å²) >= 11 is 5.99. The molecule has 1 aromatic heterocycles. The van der Waals surface area contributed by atoms with Crippen LogP contribution in [0.5, 0.6) is 5.88 Å². The van der Waals surface area contributed by atoms with Crippen LogP contribution in [-0.4, -0.2) is 40.5 Å². The van der Waals surface area contributed by atoms with Gasteiger partial charge in [0, 0.05) is 16.5 Å². The molecule has 0 saturated heterocycles. The van der Waals surface area contributed by atoms with Crippen molar-refractivity contribution >= 4 is 34.1 Å². The van der Waals surface area contributed by atoms with Crippen LogP contribution < -0.4 is 0 Å². The molecule has 1 heterocycles. The van der Waals surface area contributed by atoms with Crippen molar-refractivity contribution in [1.29, 1.82) is 0 Å². The van der Waals surface area contributed by atoms with Gasteiger partial charge in [-0.1, -0.05) is 41.9 Å². The van der Waals surface area contributed by atoms with E-state index in [9.17, 15) is 9.90 Å². The first-order valence-corrected chi connectivity index (χ1v) is 9.00. The number of H-pyrrole nitrogens is 1. The van der Waals surface area contributed by atoms with Crippen LogP contribution in [0.4, 0.5) is 5.69 Å². The SMILES string of the molecule is CC(Cc1ccccc1)N(C)CC(=O)N=Nc1c(O)[nH]c2ccc(Cl)cc12. The molecule has 0 spiro atoms. The summed E-state index contributed by atoms with van der Waals surface area (Å²) in [5, 5.41) is 18.8. The molecule has 0 bridgehead atoms. The Bertz CT molecular complexity index is 969. The molecule has 1 unspecified atom stereocenters. The van der Waals surface area contributed by atoms with E-state index in [4.69, 9.17) is 11.6 Å². The number of aromatic hydroxyl groups is 1. The Labute approximate surface area is 162 Å². The molecule has 0 aliphatic carbocycles. The highest BCUT2D eigenvalue weighted by Gasteiger charge is 2.15. The summed E-state index contributed by atoms with van der Waals surface area (Å²) in [6.45, 7) is 2.20. The molecule has 2 N–H and O–H groups in total. The zero-order valence-electron chi connectivity index (χ0n) is 15.2. The largest absolute Gasteiger partial charge is 0.493 e. The average molecular weight is 385 g/mol. The molecule has 0 radical (unpaired) electrons. The van der Waals surface area contributed by atoms with Crippen LogP contribution in [0.1, 0.15) is 12.5 Å². The second-order valence-electron chi connectivity index (χ2n) is 6.56. The zero-order chi connectivity index (χ0) is 19.4. The van der Waals surface area contributed by atoms with Gasteiger partial charge in [0.05, 0.1) is 12.1 Å². The number of hydrogen-bond donors (Lipinski definition) is 2. The molecule has 3 aromatic rings. The number of rotatable bonds is 6. The number of likely N-dealkylation sites (N-methyl/N-ethyl adjacent to an activating group) is 1. The summed E-state index contributed by atoms with van der Waals surface area (Å²) in [7, 11) is 1.88. The molecule has 1 atom stereocenters. The standard InChI is InChI=1S/C20H21ClN4O2/c1-13(10-14-6-4-3-5-7-14)25(2)12-18(26)23-24-19-16-11-15(21)8-9-17(16)22-20(19)27/h3-9,11,13,22,27H,10,12H2,1-2H3. The van der Waals surface area contributed by atoms with E-state index in [0.29, 0.717) is 15.9 Å². The first kappa shape index (κ1) is 19.1. The van der Waals surface area contributed by atoms with Crippen molar-refractivity contribution in [2.75, 3.05) is 13.6 Å². The van der Waals surface area contributed by atoms with E-state index >= 15 is 0 Å². The Hall–Kier alpha value is -2.70. The van der Waals surface area contributed by atoms with E-state index < -0.39 is 0 Å². The van der Waals surface area contributed by atoms with Crippen LogP contribution in [0, 0.1) is 0 Å². The Kier molecular flexibility index (Phi) is 5.88. The van der Waals surface area contributed by atoms with Gasteiger partial charge in [0.1, 0.15) is 0 Å². The first-order chi connectivity index (χ1) is 12.9. The smallest absolute Gasteiger partial charge is 0.278 e. The van der Waals surface area contributed by atoms with E-state index in [2.05, 4.69) is 34.3 Å². The number of carbonyl (C=O) groups is 1. The Morgan fingerprint density at radius 1 is 1.26 bits per heavy atom. The zero-order valence-corrected chi connectivity index (χ0v) is 15.9. The van der Waals surface area contributed by atoms with Crippen LogP contribution in [0.3, 0.4) is 0 Å². The third kappa shape index (κ3) is 4.72. The van der Waals surface area contributed by atoms with Gasteiger partial charge >= 0.3 is 0 Å². The maximum atomic E-state index is 12.2. The van der Waals surface area contributed by atoms with Crippen LogP contribution in [0.2, 0.25) is 5.02 Å². The van der Waals surface area contributed by atoms with Crippen molar-refractivity contribution in [1.82, 2.24) is 9.88 Å². The summed E-state index contributed by atoms with van der Waals surface area (Å²) in [5.41, 5.74) is 2.10. The van der Waals surface area contributed by atoms with Gasteiger partial charge < -0.3 is 10.1 Å². The average Bonchev–Trinajstić information content (AvgIpc) is 2.95. The third-order valence-corrected chi connectivity index (χ3v) is 4.72. The predicted octanol–water partition coefficient (Wildman–Crippen LogP) is 4.70. The summed E-state index contributed by atoms with van der Waals surface area (Å²) in [6, 6.07) is 15.4. The fourth-order valence-electron chi connectivity index (χ4n) is 2.85. The molecule has 0 fully saturated rings. The number of amides is 1. The number of aromatic nitrogens is 1. The van der Waals surface area contributed by atoms with Gasteiger partial charge in [0.15, 0.2) is 5.69 Å². The topological polar surface area (TPSA) is 81.1 Å². The Morgan fingerprint density at radius 2 is 2.00 bits per heavy atom. The maximum Gasteiger partial charge on any atom is 0.278 e. The van der Waals surface area contributed by atoms with Gasteiger partial charge in [-0.05, 0) is 44.2 Å². The molecular formula is C20H21ClN4O2. The van der Waals surface area contributed by atoms with Crippen LogP contribution in [0.25, 0.3) is 10.9 Å². The summed E-state index contributed by atoms with van der Waals surface area (Å²) < 4.78 is 0. The first-order valence-electron chi connectivity index (χ1n) is 8.63. The Morgan fingerprint density at radius 3 is 2.74 bits per heavy atom. The normalized spacial score (nSPS) is 12.9. The van der Waals surface area contributed by atoms with Crippen molar-refractivity contribution in [3.8, 4) is 5.88 Å². The van der Waals surface area contributed by atoms with Gasteiger partial charge in [-0.15, -0.1) is 10.2 Å². The third-order valence-electron chi connectivity index (χ3n) is 4.49. The molecule has 140 valence electrons. The maximum absolute atomic E-state index is 12.2. The lowest BCUT2D eigenvalue weighted by Gasteiger charge is -2.23. The number of nitrogens with one attached hydrogen (secondary N) is 1. The number of aromatic amines is 1. The van der Waals surface area contributed by atoms with Crippen LogP contribution >= 0.6 is 11.6 Å². The van der Waals surface area contributed by atoms with E-state index in [1.54, 1.807) is 18.2 Å². The minimum absolute atomic E-state index is 0.140. The molecule has 6 nitrogen and oxygen atoms in total. The highest BCUT2D eigenvalue weighted by atomic mass is 35.5. The van der Waals surface area contributed by atoms with E-state index in [0.717, 1.165) is 6.42 Å². The fourth-order valence-corrected chi connectivity index (χ4v) is 3.03.